The van der Waals surface area contributed by atoms with Gasteiger partial charge in [-0.05, 0) is 53.5 Å². The van der Waals surface area contributed by atoms with Gasteiger partial charge in [-0.15, -0.1) is 0 Å². The summed E-state index contributed by atoms with van der Waals surface area (Å²) < 4.78 is 5.22. The summed E-state index contributed by atoms with van der Waals surface area (Å²) in [5.41, 5.74) is 3.53. The number of aliphatic hydroxyl groups is 1. The van der Waals surface area contributed by atoms with Crippen molar-refractivity contribution < 1.29 is 14.6 Å². The minimum atomic E-state index is -0.607. The molecule has 1 aliphatic carbocycles. The molecule has 4 heteroatoms. The number of carbonyl (C=O) groups is 1. The van der Waals surface area contributed by atoms with Gasteiger partial charge in [0.2, 0.25) is 0 Å². The third kappa shape index (κ3) is 4.87. The van der Waals surface area contributed by atoms with E-state index in [1.165, 1.54) is 5.56 Å². The van der Waals surface area contributed by atoms with Gasteiger partial charge in [0.25, 0.3) is 0 Å². The van der Waals surface area contributed by atoms with E-state index in [0.29, 0.717) is 18.4 Å². The van der Waals surface area contributed by atoms with Crippen LogP contribution in [-0.4, -0.2) is 48.1 Å². The standard InChI is InChI=1S/C29H31NO3/c1-33-27-13-11-23(12-14-27)22-7-9-24(10-8-22)28(31)20-30-18-25-16-29(32,17-26(25)19-30)15-21-5-3-2-4-6-21/h2-14,25-26,32H,15-20H2,1H3/t25-,26+,29-. The second-order valence-corrected chi connectivity index (χ2v) is 9.74. The van der Waals surface area contributed by atoms with Crippen LogP contribution in [0.2, 0.25) is 0 Å². The van der Waals surface area contributed by atoms with Crippen molar-refractivity contribution in [3.05, 3.63) is 90.0 Å². The van der Waals surface area contributed by atoms with Crippen LogP contribution in [-0.2, 0) is 6.42 Å². The molecule has 0 bridgehead atoms. The lowest BCUT2D eigenvalue weighted by Crippen LogP contribution is -2.34. The molecule has 33 heavy (non-hydrogen) atoms. The number of nitrogens with zero attached hydrogens (tertiary/aromatic N) is 1. The Bertz CT molecular complexity index is 1080. The van der Waals surface area contributed by atoms with Crippen molar-refractivity contribution in [1.29, 1.82) is 0 Å². The normalized spacial score (nSPS) is 24.5. The van der Waals surface area contributed by atoms with Crippen molar-refractivity contribution in [2.24, 2.45) is 11.8 Å². The molecular weight excluding hydrogens is 410 g/mol. The molecule has 0 unspecified atom stereocenters. The first kappa shape index (κ1) is 21.9. The first-order valence-corrected chi connectivity index (χ1v) is 11.8. The molecule has 3 aromatic rings. The van der Waals surface area contributed by atoms with E-state index in [-0.39, 0.29) is 5.78 Å². The number of Topliss-reactive ketones (excluding diaryl/α,β-unsaturated/α-hetero) is 1. The van der Waals surface area contributed by atoms with Gasteiger partial charge in [-0.1, -0.05) is 66.7 Å². The number of hydrogen-bond acceptors (Lipinski definition) is 4. The average Bonchev–Trinajstić information content (AvgIpc) is 3.33. The first-order valence-electron chi connectivity index (χ1n) is 11.8. The van der Waals surface area contributed by atoms with E-state index in [2.05, 4.69) is 17.0 Å². The summed E-state index contributed by atoms with van der Waals surface area (Å²) in [6.45, 7) is 2.25. The Kier molecular flexibility index (Phi) is 6.05. The Labute approximate surface area is 195 Å². The molecule has 170 valence electrons. The molecule has 2 aliphatic rings. The molecule has 1 N–H and O–H groups in total. The molecule has 1 saturated carbocycles. The van der Waals surface area contributed by atoms with Crippen LogP contribution < -0.4 is 4.74 Å². The number of fused-ring (bicyclic) bond motifs is 1. The van der Waals surface area contributed by atoms with E-state index in [4.69, 9.17) is 4.74 Å². The SMILES string of the molecule is COc1ccc(-c2ccc(C(=O)CN3C[C@@H]4C[C@@](O)(Cc5ccccc5)C[C@@H]4C3)cc2)cc1. The highest BCUT2D eigenvalue weighted by atomic mass is 16.5. The second-order valence-electron chi connectivity index (χ2n) is 9.74. The van der Waals surface area contributed by atoms with Gasteiger partial charge < -0.3 is 9.84 Å². The van der Waals surface area contributed by atoms with E-state index < -0.39 is 5.60 Å². The Balaban J connectivity index is 1.16. The fraction of sp³-hybridized carbons (Fsp3) is 0.345. The molecule has 0 spiro atoms. The predicted octanol–water partition coefficient (Wildman–Crippen LogP) is 4.86. The van der Waals surface area contributed by atoms with Gasteiger partial charge in [0, 0.05) is 25.1 Å². The fourth-order valence-corrected chi connectivity index (χ4v) is 5.73. The molecule has 5 rings (SSSR count). The lowest BCUT2D eigenvalue weighted by atomic mass is 9.91. The largest absolute Gasteiger partial charge is 0.497 e. The van der Waals surface area contributed by atoms with Crippen LogP contribution in [0.4, 0.5) is 0 Å². The third-order valence-electron chi connectivity index (χ3n) is 7.31. The smallest absolute Gasteiger partial charge is 0.176 e. The van der Waals surface area contributed by atoms with Gasteiger partial charge in [0.1, 0.15) is 5.75 Å². The zero-order valence-corrected chi connectivity index (χ0v) is 19.1. The number of ketones is 1. The number of hydrogen-bond donors (Lipinski definition) is 1. The van der Waals surface area contributed by atoms with Crippen LogP contribution in [0.3, 0.4) is 0 Å². The highest BCUT2D eigenvalue weighted by molar-refractivity contribution is 5.98. The molecule has 3 atom stereocenters. The minimum absolute atomic E-state index is 0.163. The van der Waals surface area contributed by atoms with E-state index in [0.717, 1.165) is 54.8 Å². The summed E-state index contributed by atoms with van der Waals surface area (Å²) in [4.78, 5) is 15.2. The van der Waals surface area contributed by atoms with Crippen molar-refractivity contribution in [3.63, 3.8) is 0 Å². The van der Waals surface area contributed by atoms with Crippen LogP contribution in [0.1, 0.15) is 28.8 Å². The zero-order valence-electron chi connectivity index (χ0n) is 19.1. The number of methoxy groups -OCH3 is 1. The van der Waals surface area contributed by atoms with Gasteiger partial charge in [-0.25, -0.2) is 0 Å². The highest BCUT2D eigenvalue weighted by Crippen LogP contribution is 2.45. The van der Waals surface area contributed by atoms with Crippen LogP contribution >= 0.6 is 0 Å². The Morgan fingerprint density at radius 2 is 1.48 bits per heavy atom. The van der Waals surface area contributed by atoms with Crippen LogP contribution in [0.5, 0.6) is 5.75 Å². The minimum Gasteiger partial charge on any atom is -0.497 e. The molecule has 1 heterocycles. The maximum atomic E-state index is 12.9. The van der Waals surface area contributed by atoms with Gasteiger partial charge in [0.15, 0.2) is 5.78 Å². The molecule has 1 saturated heterocycles. The van der Waals surface area contributed by atoms with E-state index in [1.54, 1.807) is 7.11 Å². The highest BCUT2D eigenvalue weighted by Gasteiger charge is 2.48. The summed E-state index contributed by atoms with van der Waals surface area (Å²) in [5, 5.41) is 11.2. The second kappa shape index (κ2) is 9.12. The van der Waals surface area contributed by atoms with E-state index >= 15 is 0 Å². The Morgan fingerprint density at radius 1 is 0.909 bits per heavy atom. The Morgan fingerprint density at radius 3 is 2.06 bits per heavy atom. The summed E-state index contributed by atoms with van der Waals surface area (Å²) in [5.74, 6) is 1.95. The van der Waals surface area contributed by atoms with Gasteiger partial charge >= 0.3 is 0 Å². The number of likely N-dealkylation sites (tertiary alicyclic amines) is 1. The molecule has 1 aliphatic heterocycles. The van der Waals surface area contributed by atoms with Crippen LogP contribution in [0, 0.1) is 11.8 Å². The lowest BCUT2D eigenvalue weighted by Gasteiger charge is -2.26. The van der Waals surface area contributed by atoms with E-state index in [9.17, 15) is 9.90 Å². The van der Waals surface area contributed by atoms with E-state index in [1.807, 2.05) is 66.7 Å². The van der Waals surface area contributed by atoms with Crippen molar-refractivity contribution >= 4 is 5.78 Å². The quantitative estimate of drug-likeness (QED) is 0.532. The summed E-state index contributed by atoms with van der Waals surface area (Å²) in [6.07, 6.45) is 2.38. The van der Waals surface area contributed by atoms with Crippen molar-refractivity contribution in [2.45, 2.75) is 24.9 Å². The fourth-order valence-electron chi connectivity index (χ4n) is 5.73. The molecule has 3 aromatic carbocycles. The summed E-state index contributed by atoms with van der Waals surface area (Å²) >= 11 is 0. The molecular formula is C29H31NO3. The number of benzene rings is 3. The topological polar surface area (TPSA) is 49.8 Å². The monoisotopic (exact) mass is 441 g/mol. The van der Waals surface area contributed by atoms with Crippen molar-refractivity contribution in [1.82, 2.24) is 4.90 Å². The maximum absolute atomic E-state index is 12.9. The number of rotatable bonds is 7. The van der Waals surface area contributed by atoms with Gasteiger partial charge in [-0.3, -0.25) is 9.69 Å². The average molecular weight is 442 g/mol. The number of carbonyl (C=O) groups excluding carboxylic acids is 1. The molecule has 0 aromatic heterocycles. The summed E-state index contributed by atoms with van der Waals surface area (Å²) in [6, 6.07) is 26.1. The van der Waals surface area contributed by atoms with Gasteiger partial charge in [-0.2, -0.15) is 0 Å². The van der Waals surface area contributed by atoms with Crippen molar-refractivity contribution in [3.8, 4) is 16.9 Å². The first-order chi connectivity index (χ1) is 16.0. The predicted molar refractivity (Wildman–Crippen MR) is 131 cm³/mol. The van der Waals surface area contributed by atoms with Crippen LogP contribution in [0.15, 0.2) is 78.9 Å². The number of ether oxygens (including phenoxy) is 1. The molecule has 0 radical (unpaired) electrons. The lowest BCUT2D eigenvalue weighted by molar-refractivity contribution is 0.0355. The maximum Gasteiger partial charge on any atom is 0.176 e. The van der Waals surface area contributed by atoms with Gasteiger partial charge in [0.05, 0.1) is 19.3 Å². The molecule has 2 fully saturated rings. The Hall–Kier alpha value is -2.95. The molecule has 0 amide bonds. The van der Waals surface area contributed by atoms with Crippen LogP contribution in [0.25, 0.3) is 11.1 Å². The third-order valence-corrected chi connectivity index (χ3v) is 7.31. The zero-order chi connectivity index (χ0) is 22.8. The summed E-state index contributed by atoms with van der Waals surface area (Å²) in [7, 11) is 1.66. The van der Waals surface area contributed by atoms with Crippen molar-refractivity contribution in [2.75, 3.05) is 26.7 Å². The molecule has 4 nitrogen and oxygen atoms in total.